The summed E-state index contributed by atoms with van der Waals surface area (Å²) in [5, 5.41) is 3.48. The van der Waals surface area contributed by atoms with Gasteiger partial charge in [-0.25, -0.2) is 4.79 Å². The number of halogens is 1. The van der Waals surface area contributed by atoms with E-state index in [4.69, 9.17) is 25.8 Å². The van der Waals surface area contributed by atoms with E-state index < -0.39 is 0 Å². The largest absolute Gasteiger partial charge is 0.495 e. The van der Waals surface area contributed by atoms with Crippen LogP contribution in [0.15, 0.2) is 12.1 Å². The lowest BCUT2D eigenvalue weighted by molar-refractivity contribution is -0.130. The number of amides is 2. The molecular weight excluding hydrogens is 362 g/mol. The van der Waals surface area contributed by atoms with Gasteiger partial charge in [0.25, 0.3) is 0 Å². The lowest BCUT2D eigenvalue weighted by Crippen LogP contribution is -2.51. The molecule has 0 bridgehead atoms. The number of piperazine rings is 1. The van der Waals surface area contributed by atoms with Gasteiger partial charge in [-0.2, -0.15) is 0 Å². The van der Waals surface area contributed by atoms with E-state index in [1.165, 1.54) is 14.2 Å². The van der Waals surface area contributed by atoms with Crippen molar-refractivity contribution in [1.29, 1.82) is 0 Å². The van der Waals surface area contributed by atoms with Crippen molar-refractivity contribution >= 4 is 29.3 Å². The quantitative estimate of drug-likeness (QED) is 0.807. The van der Waals surface area contributed by atoms with Crippen LogP contribution in [0, 0.1) is 0 Å². The molecule has 26 heavy (non-hydrogen) atoms. The van der Waals surface area contributed by atoms with Gasteiger partial charge in [0.1, 0.15) is 11.5 Å². The maximum atomic E-state index is 12.4. The molecule has 1 aromatic rings. The minimum absolute atomic E-state index is 0.0653. The molecule has 1 aliphatic rings. The molecule has 1 N–H and O–H groups in total. The molecule has 0 aliphatic carbocycles. The van der Waals surface area contributed by atoms with E-state index in [0.29, 0.717) is 55.0 Å². The summed E-state index contributed by atoms with van der Waals surface area (Å²) in [6.07, 6.45) is -0.337. The Morgan fingerprint density at radius 2 is 1.69 bits per heavy atom. The summed E-state index contributed by atoms with van der Waals surface area (Å²) in [6, 6.07) is 3.32. The first-order valence-electron chi connectivity index (χ1n) is 8.35. The zero-order chi connectivity index (χ0) is 19.1. The molecule has 2 amide bonds. The molecule has 1 aliphatic heterocycles. The normalized spacial score (nSPS) is 14.0. The third-order valence-corrected chi connectivity index (χ3v) is 4.36. The van der Waals surface area contributed by atoms with E-state index in [2.05, 4.69) is 5.32 Å². The first-order chi connectivity index (χ1) is 12.5. The number of benzene rings is 1. The number of hydrogen-bond donors (Lipinski definition) is 1. The average molecular weight is 386 g/mol. The highest BCUT2D eigenvalue weighted by molar-refractivity contribution is 6.32. The van der Waals surface area contributed by atoms with E-state index >= 15 is 0 Å². The summed E-state index contributed by atoms with van der Waals surface area (Å²) in [4.78, 5) is 27.4. The molecule has 0 saturated carbocycles. The Morgan fingerprint density at radius 1 is 1.08 bits per heavy atom. The van der Waals surface area contributed by atoms with Crippen LogP contribution in [0.4, 0.5) is 10.5 Å². The van der Waals surface area contributed by atoms with Crippen LogP contribution >= 0.6 is 11.6 Å². The minimum atomic E-state index is -0.337. The summed E-state index contributed by atoms with van der Waals surface area (Å²) in [7, 11) is 3.05. The maximum Gasteiger partial charge on any atom is 0.409 e. The smallest absolute Gasteiger partial charge is 0.409 e. The molecule has 1 heterocycles. The van der Waals surface area contributed by atoms with Gasteiger partial charge < -0.3 is 29.3 Å². The number of carbonyl (C=O) groups excluding carboxylic acids is 2. The Balaban J connectivity index is 1.91. The highest BCUT2D eigenvalue weighted by Crippen LogP contribution is 2.35. The van der Waals surface area contributed by atoms with Gasteiger partial charge in [-0.15, -0.1) is 0 Å². The van der Waals surface area contributed by atoms with Gasteiger partial charge in [0, 0.05) is 38.3 Å². The number of rotatable bonds is 6. The number of anilines is 1. The zero-order valence-electron chi connectivity index (χ0n) is 15.2. The average Bonchev–Trinajstić information content (AvgIpc) is 2.66. The fourth-order valence-corrected chi connectivity index (χ4v) is 2.87. The molecular formula is C17H24ClN3O5. The van der Waals surface area contributed by atoms with E-state index in [1.54, 1.807) is 28.9 Å². The van der Waals surface area contributed by atoms with Crippen LogP contribution in [0.25, 0.3) is 0 Å². The number of methoxy groups -OCH3 is 2. The van der Waals surface area contributed by atoms with Crippen LogP contribution < -0.4 is 14.8 Å². The fraction of sp³-hybridized carbons (Fsp3) is 0.529. The van der Waals surface area contributed by atoms with Crippen molar-refractivity contribution in [3.8, 4) is 11.5 Å². The first kappa shape index (κ1) is 20.0. The minimum Gasteiger partial charge on any atom is -0.495 e. The van der Waals surface area contributed by atoms with Crippen molar-refractivity contribution in [1.82, 2.24) is 9.80 Å². The number of carbonyl (C=O) groups is 2. The van der Waals surface area contributed by atoms with Crippen LogP contribution in [0.2, 0.25) is 5.02 Å². The Labute approximate surface area is 157 Å². The molecule has 0 unspecified atom stereocenters. The number of nitrogens with one attached hydrogen (secondary N) is 1. The zero-order valence-corrected chi connectivity index (χ0v) is 16.0. The molecule has 144 valence electrons. The molecule has 1 aromatic carbocycles. The van der Waals surface area contributed by atoms with Gasteiger partial charge >= 0.3 is 6.09 Å². The number of ether oxygens (including phenoxy) is 3. The van der Waals surface area contributed by atoms with E-state index in [9.17, 15) is 9.59 Å². The molecule has 1 saturated heterocycles. The van der Waals surface area contributed by atoms with Crippen molar-refractivity contribution in [2.75, 3.05) is 58.9 Å². The lowest BCUT2D eigenvalue weighted by Gasteiger charge is -2.34. The van der Waals surface area contributed by atoms with E-state index in [0.717, 1.165) is 0 Å². The van der Waals surface area contributed by atoms with Crippen LogP contribution in [0.1, 0.15) is 6.92 Å². The fourth-order valence-electron chi connectivity index (χ4n) is 2.63. The van der Waals surface area contributed by atoms with Crippen molar-refractivity contribution < 1.29 is 23.8 Å². The van der Waals surface area contributed by atoms with Crippen LogP contribution in [0.5, 0.6) is 11.5 Å². The second kappa shape index (κ2) is 9.38. The van der Waals surface area contributed by atoms with Crippen molar-refractivity contribution in [2.24, 2.45) is 0 Å². The summed E-state index contributed by atoms with van der Waals surface area (Å²) in [5.41, 5.74) is 0.618. The second-order valence-corrected chi connectivity index (χ2v) is 6.01. The Bertz CT molecular complexity index is 648. The first-order valence-corrected chi connectivity index (χ1v) is 8.72. The predicted molar refractivity (Wildman–Crippen MR) is 98.2 cm³/mol. The monoisotopic (exact) mass is 385 g/mol. The number of hydrogen-bond acceptors (Lipinski definition) is 6. The van der Waals surface area contributed by atoms with Gasteiger partial charge in [0.2, 0.25) is 5.91 Å². The van der Waals surface area contributed by atoms with Gasteiger partial charge in [-0.3, -0.25) is 4.79 Å². The Kier molecular flexibility index (Phi) is 7.20. The Hall–Kier alpha value is -2.35. The van der Waals surface area contributed by atoms with Gasteiger partial charge in [-0.1, -0.05) is 11.6 Å². The molecule has 8 nitrogen and oxygen atoms in total. The standard InChI is InChI=1S/C17H24ClN3O5/c1-4-26-17(23)21-7-5-20(6-8-21)16(22)11-19-13-10-14(24-2)12(18)9-15(13)25-3/h9-10,19H,4-8,11H2,1-3H3. The summed E-state index contributed by atoms with van der Waals surface area (Å²) < 4.78 is 15.4. The van der Waals surface area contributed by atoms with Gasteiger partial charge in [0.15, 0.2) is 0 Å². The second-order valence-electron chi connectivity index (χ2n) is 5.61. The van der Waals surface area contributed by atoms with Crippen molar-refractivity contribution in [2.45, 2.75) is 6.92 Å². The molecule has 0 atom stereocenters. The molecule has 2 rings (SSSR count). The number of nitrogens with zero attached hydrogens (tertiary/aromatic N) is 2. The van der Waals surface area contributed by atoms with E-state index in [-0.39, 0.29) is 18.5 Å². The van der Waals surface area contributed by atoms with E-state index in [1.807, 2.05) is 0 Å². The molecule has 0 spiro atoms. The highest BCUT2D eigenvalue weighted by Gasteiger charge is 2.24. The van der Waals surface area contributed by atoms with Crippen LogP contribution in [-0.4, -0.2) is 75.4 Å². The Morgan fingerprint density at radius 3 is 2.27 bits per heavy atom. The molecule has 0 radical (unpaired) electrons. The van der Waals surface area contributed by atoms with Crippen molar-refractivity contribution in [3.05, 3.63) is 17.2 Å². The van der Waals surface area contributed by atoms with Crippen LogP contribution in [0.3, 0.4) is 0 Å². The highest BCUT2D eigenvalue weighted by atomic mass is 35.5. The third-order valence-electron chi connectivity index (χ3n) is 4.06. The maximum absolute atomic E-state index is 12.4. The van der Waals surface area contributed by atoms with Crippen LogP contribution in [-0.2, 0) is 9.53 Å². The predicted octanol–water partition coefficient (Wildman–Crippen LogP) is 2.07. The summed E-state index contributed by atoms with van der Waals surface area (Å²) in [5.74, 6) is 0.950. The molecule has 0 aromatic heterocycles. The molecule has 1 fully saturated rings. The third kappa shape index (κ3) is 4.85. The van der Waals surface area contributed by atoms with Crippen molar-refractivity contribution in [3.63, 3.8) is 0 Å². The lowest BCUT2D eigenvalue weighted by atomic mass is 10.2. The topological polar surface area (TPSA) is 80.3 Å². The molecule has 9 heteroatoms. The SMILES string of the molecule is CCOC(=O)N1CCN(C(=O)CNc2cc(OC)c(Cl)cc2OC)CC1. The van der Waals surface area contributed by atoms with Gasteiger partial charge in [-0.05, 0) is 6.92 Å². The summed E-state index contributed by atoms with van der Waals surface area (Å²) in [6.45, 7) is 4.07. The van der Waals surface area contributed by atoms with Gasteiger partial charge in [0.05, 0.1) is 38.1 Å². The summed E-state index contributed by atoms with van der Waals surface area (Å²) >= 11 is 6.08.